The number of amides is 1. The number of nitrogens with zero attached hydrogens (tertiary/aromatic N) is 4. The Balaban J connectivity index is 1.23. The van der Waals surface area contributed by atoms with Gasteiger partial charge in [-0.25, -0.2) is 14.4 Å². The molecular weight excluding hydrogens is 513 g/mol. The standard InChI is InChI=1S/C29H30FN7O3/c30-18-5-8-37-24(13-32-26(37)11-18)20-1-3-22(27-21(20)12-33-28(27)38)34-25-4-2-19(17-6-10-40-15-17)23(35-25)14-36-9-7-29(31,39)16-36/h1-5,8,11,13,17,39H,6-7,9-10,12,14-16,31H2,(H,33,38)(H,34,35)/t17-,29-/m0/s1. The van der Waals surface area contributed by atoms with E-state index in [1.807, 2.05) is 22.6 Å². The van der Waals surface area contributed by atoms with Crippen molar-refractivity contribution in [3.8, 4) is 11.3 Å². The van der Waals surface area contributed by atoms with Gasteiger partial charge in [0.05, 0.1) is 35.4 Å². The van der Waals surface area contributed by atoms with Gasteiger partial charge in [0.1, 0.15) is 23.0 Å². The molecule has 11 heteroatoms. The summed E-state index contributed by atoms with van der Waals surface area (Å²) in [6.45, 7) is 3.41. The first-order valence-electron chi connectivity index (χ1n) is 13.5. The van der Waals surface area contributed by atoms with Crippen LogP contribution in [0.25, 0.3) is 16.9 Å². The second kappa shape index (κ2) is 9.63. The van der Waals surface area contributed by atoms with Crippen LogP contribution in [0, 0.1) is 5.82 Å². The average Bonchev–Trinajstić information content (AvgIpc) is 3.72. The van der Waals surface area contributed by atoms with Gasteiger partial charge in [-0.2, -0.15) is 0 Å². The zero-order valence-electron chi connectivity index (χ0n) is 21.9. The molecule has 4 aromatic rings. The lowest BCUT2D eigenvalue weighted by atomic mass is 9.96. The van der Waals surface area contributed by atoms with Crippen LogP contribution >= 0.6 is 0 Å². The van der Waals surface area contributed by atoms with Crippen LogP contribution in [0.2, 0.25) is 0 Å². The van der Waals surface area contributed by atoms with Crippen molar-refractivity contribution in [3.63, 3.8) is 0 Å². The van der Waals surface area contributed by atoms with Gasteiger partial charge < -0.3 is 26.2 Å². The van der Waals surface area contributed by atoms with E-state index in [2.05, 4.69) is 26.6 Å². The molecule has 2 fully saturated rings. The number of fused-ring (bicyclic) bond motifs is 2. The third kappa shape index (κ3) is 4.50. The fourth-order valence-electron chi connectivity index (χ4n) is 6.09. The van der Waals surface area contributed by atoms with Crippen LogP contribution in [-0.2, 0) is 17.8 Å². The van der Waals surface area contributed by atoms with Crippen LogP contribution in [0.4, 0.5) is 15.9 Å². The van der Waals surface area contributed by atoms with Gasteiger partial charge >= 0.3 is 0 Å². The van der Waals surface area contributed by atoms with Crippen molar-refractivity contribution < 1.29 is 19.0 Å². The molecule has 0 unspecified atom stereocenters. The topological polar surface area (TPSA) is 130 Å². The lowest BCUT2D eigenvalue weighted by Crippen LogP contribution is -2.42. The third-order valence-corrected chi connectivity index (χ3v) is 8.09. The number of pyridine rings is 2. The fourth-order valence-corrected chi connectivity index (χ4v) is 6.09. The molecule has 2 atom stereocenters. The number of rotatable bonds is 6. The Bertz CT molecular complexity index is 1630. The van der Waals surface area contributed by atoms with Gasteiger partial charge in [0, 0.05) is 63.0 Å². The maximum Gasteiger partial charge on any atom is 0.254 e. The summed E-state index contributed by atoms with van der Waals surface area (Å²) in [6.07, 6.45) is 4.79. The maximum absolute atomic E-state index is 13.7. The Hall–Kier alpha value is -3.90. The number of benzene rings is 1. The largest absolute Gasteiger partial charge is 0.381 e. The molecule has 0 bridgehead atoms. The number of aliphatic hydroxyl groups is 1. The van der Waals surface area contributed by atoms with E-state index in [1.54, 1.807) is 12.4 Å². The van der Waals surface area contributed by atoms with E-state index in [9.17, 15) is 14.3 Å². The van der Waals surface area contributed by atoms with Crippen molar-refractivity contribution in [3.05, 3.63) is 77.0 Å². The second-order valence-corrected chi connectivity index (χ2v) is 10.9. The van der Waals surface area contributed by atoms with Crippen molar-refractivity contribution >= 4 is 23.1 Å². The molecule has 40 heavy (non-hydrogen) atoms. The van der Waals surface area contributed by atoms with Crippen molar-refractivity contribution in [1.29, 1.82) is 0 Å². The molecule has 5 N–H and O–H groups in total. The van der Waals surface area contributed by atoms with Gasteiger partial charge in [0.2, 0.25) is 0 Å². The highest BCUT2D eigenvalue weighted by molar-refractivity contribution is 6.06. The summed E-state index contributed by atoms with van der Waals surface area (Å²) in [5.74, 6) is 0.371. The Labute approximate surface area is 230 Å². The van der Waals surface area contributed by atoms with Crippen LogP contribution in [0.15, 0.2) is 48.8 Å². The quantitative estimate of drug-likeness (QED) is 0.273. The molecule has 0 aliphatic carbocycles. The van der Waals surface area contributed by atoms with Gasteiger partial charge in [0.25, 0.3) is 5.91 Å². The van der Waals surface area contributed by atoms with E-state index in [1.165, 1.54) is 12.1 Å². The number of β-amino-alcohol motifs (C(OH)–C–C–N with tert-alkyl or cyclic N) is 1. The highest BCUT2D eigenvalue weighted by atomic mass is 19.1. The number of ether oxygens (including phenoxy) is 1. The van der Waals surface area contributed by atoms with E-state index in [4.69, 9.17) is 15.5 Å². The number of likely N-dealkylation sites (tertiary alicyclic amines) is 1. The molecule has 3 aliphatic heterocycles. The second-order valence-electron chi connectivity index (χ2n) is 10.9. The molecule has 1 amide bonds. The van der Waals surface area contributed by atoms with Crippen molar-refractivity contribution in [2.75, 3.05) is 31.6 Å². The van der Waals surface area contributed by atoms with Gasteiger partial charge in [-0.05, 0) is 35.7 Å². The molecule has 206 valence electrons. The Morgan fingerprint density at radius 3 is 2.98 bits per heavy atom. The number of aromatic nitrogens is 3. The molecule has 1 aromatic carbocycles. The van der Waals surface area contributed by atoms with Crippen LogP contribution in [-0.4, -0.2) is 62.3 Å². The normalized spacial score (nSPS) is 22.7. The van der Waals surface area contributed by atoms with Crippen LogP contribution in [0.1, 0.15) is 45.9 Å². The Morgan fingerprint density at radius 1 is 1.27 bits per heavy atom. The minimum Gasteiger partial charge on any atom is -0.381 e. The molecule has 7 rings (SSSR count). The van der Waals surface area contributed by atoms with Gasteiger partial charge in [0.15, 0.2) is 0 Å². The summed E-state index contributed by atoms with van der Waals surface area (Å²) in [5, 5.41) is 16.6. The van der Waals surface area contributed by atoms with Crippen molar-refractivity contribution in [1.82, 2.24) is 24.6 Å². The molecule has 10 nitrogen and oxygen atoms in total. The maximum atomic E-state index is 13.7. The number of imidazole rings is 1. The highest BCUT2D eigenvalue weighted by Crippen LogP contribution is 2.36. The summed E-state index contributed by atoms with van der Waals surface area (Å²) in [5.41, 5.74) is 11.0. The average molecular weight is 544 g/mol. The number of carbonyl (C=O) groups is 1. The zero-order chi connectivity index (χ0) is 27.4. The summed E-state index contributed by atoms with van der Waals surface area (Å²) >= 11 is 0. The van der Waals surface area contributed by atoms with E-state index < -0.39 is 5.72 Å². The van der Waals surface area contributed by atoms with Crippen LogP contribution in [0.5, 0.6) is 0 Å². The van der Waals surface area contributed by atoms with Crippen LogP contribution in [0.3, 0.4) is 0 Å². The number of nitrogens with one attached hydrogen (secondary N) is 2. The molecule has 3 aliphatic rings. The first-order valence-corrected chi connectivity index (χ1v) is 13.5. The third-order valence-electron chi connectivity index (χ3n) is 8.09. The van der Waals surface area contributed by atoms with Gasteiger partial charge in [-0.1, -0.05) is 12.1 Å². The lowest BCUT2D eigenvalue weighted by molar-refractivity contribution is 0.0550. The number of hydrogen-bond donors (Lipinski definition) is 4. The number of anilines is 2. The molecule has 2 saturated heterocycles. The Kier molecular flexibility index (Phi) is 6.04. The van der Waals surface area contributed by atoms with E-state index in [0.717, 1.165) is 41.1 Å². The fraction of sp³-hybridized carbons (Fsp3) is 0.345. The molecular formula is C29H30FN7O3. The van der Waals surface area contributed by atoms with Gasteiger partial charge in [-0.15, -0.1) is 0 Å². The van der Waals surface area contributed by atoms with Crippen molar-refractivity contribution in [2.24, 2.45) is 5.73 Å². The van der Waals surface area contributed by atoms with Crippen molar-refractivity contribution in [2.45, 2.75) is 37.6 Å². The summed E-state index contributed by atoms with van der Waals surface area (Å²) < 4.78 is 21.2. The molecule has 0 saturated carbocycles. The summed E-state index contributed by atoms with van der Waals surface area (Å²) in [7, 11) is 0. The lowest BCUT2D eigenvalue weighted by Gasteiger charge is -2.22. The Morgan fingerprint density at radius 2 is 2.17 bits per heavy atom. The molecule has 6 heterocycles. The number of halogens is 1. The SMILES string of the molecule is N[C@]1(O)CCN(Cc2nc(Nc3ccc(-c4cnc5cc(F)ccn45)c4c3C(=O)NC4)ccc2[C@H]2CCOC2)C1. The molecule has 0 radical (unpaired) electrons. The van der Waals surface area contributed by atoms with Gasteiger partial charge in [-0.3, -0.25) is 14.1 Å². The van der Waals surface area contributed by atoms with E-state index in [0.29, 0.717) is 61.9 Å². The number of hydrogen-bond acceptors (Lipinski definition) is 8. The first-order chi connectivity index (χ1) is 19.3. The highest BCUT2D eigenvalue weighted by Gasteiger charge is 2.33. The minimum absolute atomic E-state index is 0.168. The predicted molar refractivity (Wildman–Crippen MR) is 146 cm³/mol. The first kappa shape index (κ1) is 25.1. The number of carbonyl (C=O) groups excluding carboxylic acids is 1. The zero-order valence-corrected chi connectivity index (χ0v) is 21.9. The van der Waals surface area contributed by atoms with E-state index in [-0.39, 0.29) is 17.6 Å². The monoisotopic (exact) mass is 543 g/mol. The number of nitrogens with two attached hydrogens (primary N) is 1. The summed E-state index contributed by atoms with van der Waals surface area (Å²) in [4.78, 5) is 24.4. The smallest absolute Gasteiger partial charge is 0.254 e. The molecule has 3 aromatic heterocycles. The minimum atomic E-state index is -1.18. The molecule has 0 spiro atoms. The van der Waals surface area contributed by atoms with Crippen LogP contribution < -0.4 is 16.4 Å². The predicted octanol–water partition coefficient (Wildman–Crippen LogP) is 2.88. The summed E-state index contributed by atoms with van der Waals surface area (Å²) in [6, 6.07) is 10.6. The van der Waals surface area contributed by atoms with E-state index >= 15 is 0 Å².